The molecule has 21 heavy (non-hydrogen) atoms. The molecule has 0 aliphatic carbocycles. The molecule has 1 aromatic heterocycles. The van der Waals surface area contributed by atoms with Gasteiger partial charge in [-0.25, -0.2) is 4.39 Å². The molecule has 0 unspecified atom stereocenters. The Labute approximate surface area is 134 Å². The molecule has 1 aromatic carbocycles. The van der Waals surface area contributed by atoms with E-state index in [0.29, 0.717) is 5.56 Å². The van der Waals surface area contributed by atoms with Crippen LogP contribution in [0, 0.1) is 22.4 Å². The third-order valence-electron chi connectivity index (χ3n) is 3.00. The number of carbonyl (C=O) groups is 1. The van der Waals surface area contributed by atoms with Crippen molar-refractivity contribution < 1.29 is 9.18 Å². The number of hydrogen-bond acceptors (Lipinski definition) is 3. The van der Waals surface area contributed by atoms with Gasteiger partial charge in [-0.3, -0.25) is 9.59 Å². The minimum atomic E-state index is -0.777. The number of nitrogens with one attached hydrogen (secondary N) is 1. The van der Waals surface area contributed by atoms with Crippen LogP contribution in [0.5, 0.6) is 0 Å². The number of amides is 1. The minimum absolute atomic E-state index is 0.0704. The fourth-order valence-electron chi connectivity index (χ4n) is 1.83. The lowest BCUT2D eigenvalue weighted by Crippen LogP contribution is -2.29. The van der Waals surface area contributed by atoms with Gasteiger partial charge in [-0.2, -0.15) is 0 Å². The number of anilines is 2. The van der Waals surface area contributed by atoms with Crippen LogP contribution in [0.3, 0.4) is 0 Å². The maximum atomic E-state index is 13.9. The zero-order valence-corrected chi connectivity index (χ0v) is 13.5. The number of rotatable bonds is 3. The fraction of sp³-hybridized carbons (Fsp3) is 0.143. The van der Waals surface area contributed by atoms with Crippen LogP contribution in [-0.2, 0) is 7.05 Å². The van der Waals surface area contributed by atoms with Gasteiger partial charge in [0.1, 0.15) is 11.5 Å². The molecule has 0 saturated heterocycles. The summed E-state index contributed by atoms with van der Waals surface area (Å²) in [4.78, 5) is 23.4. The molecule has 0 saturated carbocycles. The van der Waals surface area contributed by atoms with Crippen LogP contribution in [-0.4, -0.2) is 10.5 Å². The molecular weight excluding hydrogens is 388 g/mol. The zero-order chi connectivity index (χ0) is 15.7. The lowest BCUT2D eigenvalue weighted by atomic mass is 10.2. The molecule has 5 nitrogen and oxygen atoms in total. The Morgan fingerprint density at radius 3 is 2.71 bits per heavy atom. The number of pyridine rings is 1. The summed E-state index contributed by atoms with van der Waals surface area (Å²) in [6.45, 7) is 1.57. The molecule has 109 valence electrons. The zero-order valence-electron chi connectivity index (χ0n) is 11.3. The normalized spacial score (nSPS) is 10.5. The summed E-state index contributed by atoms with van der Waals surface area (Å²) in [5.41, 5.74) is 5.49. The first-order valence-corrected chi connectivity index (χ1v) is 7.04. The molecule has 0 bridgehead atoms. The van der Waals surface area contributed by atoms with Crippen molar-refractivity contribution >= 4 is 39.9 Å². The fourth-order valence-corrected chi connectivity index (χ4v) is 2.29. The molecule has 7 heteroatoms. The van der Waals surface area contributed by atoms with Crippen molar-refractivity contribution in [2.45, 2.75) is 6.92 Å². The van der Waals surface area contributed by atoms with E-state index in [9.17, 15) is 14.0 Å². The maximum Gasteiger partial charge on any atom is 0.266 e. The van der Waals surface area contributed by atoms with Crippen LogP contribution in [0.25, 0.3) is 0 Å². The highest BCUT2D eigenvalue weighted by Gasteiger charge is 2.14. The van der Waals surface area contributed by atoms with Gasteiger partial charge in [0, 0.05) is 22.2 Å². The molecule has 0 spiro atoms. The van der Waals surface area contributed by atoms with E-state index in [1.165, 1.54) is 13.1 Å². The molecule has 0 aliphatic rings. The third kappa shape index (κ3) is 3.07. The first-order valence-electron chi connectivity index (χ1n) is 5.96. The highest BCUT2D eigenvalue weighted by Crippen LogP contribution is 2.23. The van der Waals surface area contributed by atoms with E-state index in [2.05, 4.69) is 11.4 Å². The van der Waals surface area contributed by atoms with Gasteiger partial charge in [-0.05, 0) is 47.7 Å². The second-order valence-corrected chi connectivity index (χ2v) is 5.70. The molecule has 1 radical (unpaired) electrons. The van der Waals surface area contributed by atoms with Crippen molar-refractivity contribution in [3.8, 4) is 0 Å². The Balaban J connectivity index is 2.54. The SMILES string of the molecule is Cc1c(Nc2ccc(I)cc2F)[c]c(C(N)=O)n(C)c1=O. The highest BCUT2D eigenvalue weighted by molar-refractivity contribution is 14.1. The van der Waals surface area contributed by atoms with Crippen LogP contribution in [0.2, 0.25) is 0 Å². The molecule has 1 heterocycles. The van der Waals surface area contributed by atoms with Crippen molar-refractivity contribution in [3.63, 3.8) is 0 Å². The van der Waals surface area contributed by atoms with E-state index in [1.807, 2.05) is 22.6 Å². The van der Waals surface area contributed by atoms with Crippen molar-refractivity contribution in [2.24, 2.45) is 12.8 Å². The van der Waals surface area contributed by atoms with E-state index in [4.69, 9.17) is 5.73 Å². The Morgan fingerprint density at radius 2 is 2.14 bits per heavy atom. The van der Waals surface area contributed by atoms with Crippen molar-refractivity contribution in [1.29, 1.82) is 0 Å². The Hall–Kier alpha value is -1.90. The summed E-state index contributed by atoms with van der Waals surface area (Å²) in [5, 5.41) is 2.78. The Bertz CT molecular complexity index is 787. The maximum absolute atomic E-state index is 13.9. The second-order valence-electron chi connectivity index (χ2n) is 4.45. The van der Waals surface area contributed by atoms with Gasteiger partial charge in [-0.1, -0.05) is 0 Å². The van der Waals surface area contributed by atoms with E-state index in [-0.39, 0.29) is 17.1 Å². The van der Waals surface area contributed by atoms with Crippen molar-refractivity contribution in [2.75, 3.05) is 5.32 Å². The van der Waals surface area contributed by atoms with Crippen LogP contribution >= 0.6 is 22.6 Å². The smallest absolute Gasteiger partial charge is 0.266 e. The quantitative estimate of drug-likeness (QED) is 0.775. The van der Waals surface area contributed by atoms with Gasteiger partial charge in [0.25, 0.3) is 11.5 Å². The van der Waals surface area contributed by atoms with Crippen LogP contribution in [0.1, 0.15) is 16.1 Å². The topological polar surface area (TPSA) is 77.1 Å². The third-order valence-corrected chi connectivity index (χ3v) is 3.67. The predicted octanol–water partition coefficient (Wildman–Crippen LogP) is 2.08. The number of aromatic nitrogens is 1. The first-order chi connectivity index (χ1) is 9.81. The van der Waals surface area contributed by atoms with Gasteiger partial charge in [0.15, 0.2) is 0 Å². The lowest BCUT2D eigenvalue weighted by Gasteiger charge is -2.13. The number of primary amides is 1. The summed E-state index contributed by atoms with van der Waals surface area (Å²) in [6, 6.07) is 7.34. The summed E-state index contributed by atoms with van der Waals surface area (Å²) in [6.07, 6.45) is 0. The van der Waals surface area contributed by atoms with E-state index < -0.39 is 17.3 Å². The summed E-state index contributed by atoms with van der Waals surface area (Å²) < 4.78 is 15.7. The summed E-state index contributed by atoms with van der Waals surface area (Å²) in [5.74, 6) is -1.24. The number of hydrogen-bond donors (Lipinski definition) is 2. The molecule has 0 fully saturated rings. The van der Waals surface area contributed by atoms with Crippen LogP contribution in [0.15, 0.2) is 23.0 Å². The number of carbonyl (C=O) groups excluding carboxylic acids is 1. The van der Waals surface area contributed by atoms with Gasteiger partial charge in [0.2, 0.25) is 0 Å². The molecule has 0 atom stereocenters. The highest BCUT2D eigenvalue weighted by atomic mass is 127. The molecule has 3 N–H and O–H groups in total. The number of nitrogens with two attached hydrogens (primary N) is 1. The molecular formula is C14H12FIN3O2. The standard InChI is InChI=1S/C14H12FIN3O2/c1-7-11(6-12(13(17)20)19(2)14(7)21)18-10-4-3-8(16)5-9(10)15/h3-5,18H,1-2H3,(H2,17,20). The number of nitrogens with zero attached hydrogens (tertiary/aromatic N) is 1. The predicted molar refractivity (Wildman–Crippen MR) is 86.2 cm³/mol. The van der Waals surface area contributed by atoms with Gasteiger partial charge in [0.05, 0.1) is 11.4 Å². The van der Waals surface area contributed by atoms with E-state index in [0.717, 1.165) is 8.14 Å². The minimum Gasteiger partial charge on any atom is -0.364 e. The van der Waals surface area contributed by atoms with Crippen LogP contribution < -0.4 is 16.6 Å². The monoisotopic (exact) mass is 400 g/mol. The van der Waals surface area contributed by atoms with Crippen molar-refractivity contribution in [3.05, 3.63) is 55.3 Å². The van der Waals surface area contributed by atoms with Crippen LogP contribution in [0.4, 0.5) is 15.8 Å². The second kappa shape index (κ2) is 5.84. The first kappa shape index (κ1) is 15.5. The Kier molecular flexibility index (Phi) is 4.31. The van der Waals surface area contributed by atoms with Crippen molar-refractivity contribution in [1.82, 2.24) is 4.57 Å². The molecule has 0 aliphatic heterocycles. The van der Waals surface area contributed by atoms with E-state index >= 15 is 0 Å². The van der Waals surface area contributed by atoms with Gasteiger partial charge in [-0.15, -0.1) is 0 Å². The number of halogens is 2. The van der Waals surface area contributed by atoms with Gasteiger partial charge >= 0.3 is 0 Å². The average molecular weight is 400 g/mol. The van der Waals surface area contributed by atoms with Gasteiger partial charge < -0.3 is 15.6 Å². The van der Waals surface area contributed by atoms with E-state index in [1.54, 1.807) is 19.1 Å². The number of benzene rings is 1. The average Bonchev–Trinajstić information content (AvgIpc) is 2.41. The molecule has 2 rings (SSSR count). The largest absolute Gasteiger partial charge is 0.364 e. The summed E-state index contributed by atoms with van der Waals surface area (Å²) >= 11 is 1.99. The lowest BCUT2D eigenvalue weighted by molar-refractivity contribution is 0.0991. The molecule has 1 amide bonds. The summed E-state index contributed by atoms with van der Waals surface area (Å²) in [7, 11) is 1.43. The Morgan fingerprint density at radius 1 is 1.48 bits per heavy atom. The molecule has 2 aromatic rings.